The Hall–Kier alpha value is -0.440. The van der Waals surface area contributed by atoms with Crippen LogP contribution in [0.3, 0.4) is 0 Å². The third kappa shape index (κ3) is 2.69. The largest absolute Gasteiger partial charge is 0.392 e. The van der Waals surface area contributed by atoms with Crippen LogP contribution in [0.5, 0.6) is 0 Å². The molecule has 0 aromatic rings. The smallest absolute Gasteiger partial charge is 0.0872 e. The molecule has 0 spiro atoms. The summed E-state index contributed by atoms with van der Waals surface area (Å²) in [6.07, 6.45) is 0. The van der Waals surface area contributed by atoms with Gasteiger partial charge in [-0.25, -0.2) is 4.40 Å². The van der Waals surface area contributed by atoms with Crippen LogP contribution in [0.4, 0.5) is 0 Å². The molecule has 46 valence electrons. The van der Waals surface area contributed by atoms with Crippen molar-refractivity contribution in [2.24, 2.45) is 10.1 Å². The van der Waals surface area contributed by atoms with Gasteiger partial charge in [0.05, 0.1) is 5.03 Å². The van der Waals surface area contributed by atoms with E-state index in [1.807, 2.05) is 13.8 Å². The van der Waals surface area contributed by atoms with E-state index in [1.54, 1.807) is 0 Å². The average molecular weight is 130 g/mol. The van der Waals surface area contributed by atoms with Crippen LogP contribution in [0.2, 0.25) is 0 Å². The third-order valence-electron chi connectivity index (χ3n) is 0.656. The Labute approximate surface area is 54.0 Å². The minimum Gasteiger partial charge on any atom is -0.392 e. The highest BCUT2D eigenvalue weighted by Gasteiger charge is 1.88. The lowest BCUT2D eigenvalue weighted by Gasteiger charge is -1.94. The Morgan fingerprint density at radius 2 is 2.12 bits per heavy atom. The standard InChI is InChI=1S/C5H10N2S/c1-4(2)5(6)8-7-3/h3,6H2,1-2H3. The van der Waals surface area contributed by atoms with Crippen molar-refractivity contribution in [1.82, 2.24) is 0 Å². The molecule has 0 saturated carbocycles. The maximum atomic E-state index is 5.44. The molecular formula is C5H10N2S. The summed E-state index contributed by atoms with van der Waals surface area (Å²) in [4.78, 5) is 0. The van der Waals surface area contributed by atoms with Crippen LogP contribution in [-0.4, -0.2) is 6.72 Å². The van der Waals surface area contributed by atoms with Crippen LogP contribution in [0.1, 0.15) is 13.8 Å². The topological polar surface area (TPSA) is 38.4 Å². The summed E-state index contributed by atoms with van der Waals surface area (Å²) in [6, 6.07) is 0. The van der Waals surface area contributed by atoms with Crippen LogP contribution in [0.25, 0.3) is 0 Å². The fourth-order valence-corrected chi connectivity index (χ4v) is 0.482. The van der Waals surface area contributed by atoms with E-state index in [0.29, 0.717) is 0 Å². The molecule has 0 aliphatic carbocycles. The van der Waals surface area contributed by atoms with Crippen molar-refractivity contribution >= 4 is 18.7 Å². The van der Waals surface area contributed by atoms with E-state index in [1.165, 1.54) is 11.9 Å². The maximum Gasteiger partial charge on any atom is 0.0872 e. The lowest BCUT2D eigenvalue weighted by Crippen LogP contribution is -1.91. The highest BCUT2D eigenvalue weighted by Crippen LogP contribution is 2.12. The molecule has 0 heterocycles. The molecule has 0 aliphatic rings. The van der Waals surface area contributed by atoms with E-state index in [9.17, 15) is 0 Å². The molecule has 0 radical (unpaired) electrons. The van der Waals surface area contributed by atoms with Crippen molar-refractivity contribution in [3.05, 3.63) is 10.6 Å². The van der Waals surface area contributed by atoms with Crippen molar-refractivity contribution in [2.45, 2.75) is 13.8 Å². The Kier molecular flexibility index (Phi) is 3.35. The molecule has 0 aliphatic heterocycles. The molecule has 2 N–H and O–H groups in total. The van der Waals surface area contributed by atoms with Gasteiger partial charge in [0, 0.05) is 11.9 Å². The van der Waals surface area contributed by atoms with Crippen molar-refractivity contribution in [1.29, 1.82) is 0 Å². The fourth-order valence-electron chi connectivity index (χ4n) is 0.161. The summed E-state index contributed by atoms with van der Waals surface area (Å²) in [5, 5.41) is 0.736. The van der Waals surface area contributed by atoms with Crippen LogP contribution < -0.4 is 5.73 Å². The van der Waals surface area contributed by atoms with E-state index in [0.717, 1.165) is 10.6 Å². The van der Waals surface area contributed by atoms with Gasteiger partial charge in [-0.2, -0.15) is 0 Å². The van der Waals surface area contributed by atoms with E-state index < -0.39 is 0 Å². The zero-order chi connectivity index (χ0) is 6.57. The van der Waals surface area contributed by atoms with Gasteiger partial charge >= 0.3 is 0 Å². The number of nitrogens with two attached hydrogens (primary N) is 1. The second-order valence-electron chi connectivity index (χ2n) is 1.58. The highest BCUT2D eigenvalue weighted by molar-refractivity contribution is 8.01. The Morgan fingerprint density at radius 1 is 1.62 bits per heavy atom. The van der Waals surface area contributed by atoms with Gasteiger partial charge in [0.2, 0.25) is 0 Å². The SMILES string of the molecule is C=NSC(N)=C(C)C. The van der Waals surface area contributed by atoms with E-state index in [4.69, 9.17) is 5.73 Å². The van der Waals surface area contributed by atoms with Gasteiger partial charge in [-0.05, 0) is 26.1 Å². The first-order valence-corrected chi connectivity index (χ1v) is 3.01. The average Bonchev–Trinajstić information content (AvgIpc) is 1.67. The molecular weight excluding hydrogens is 120 g/mol. The summed E-state index contributed by atoms with van der Waals surface area (Å²) in [6.45, 7) is 7.16. The van der Waals surface area contributed by atoms with Crippen molar-refractivity contribution in [2.75, 3.05) is 0 Å². The molecule has 0 unspecified atom stereocenters. The Morgan fingerprint density at radius 3 is 2.25 bits per heavy atom. The predicted octanol–water partition coefficient (Wildman–Crippen LogP) is 1.55. The second-order valence-corrected chi connectivity index (χ2v) is 2.47. The minimum atomic E-state index is 0.736. The summed E-state index contributed by atoms with van der Waals surface area (Å²) in [5.74, 6) is 0. The number of nitrogens with zero attached hydrogens (tertiary/aromatic N) is 1. The zero-order valence-electron chi connectivity index (χ0n) is 5.14. The molecule has 0 amide bonds. The van der Waals surface area contributed by atoms with Crippen LogP contribution in [0, 0.1) is 0 Å². The van der Waals surface area contributed by atoms with Gasteiger partial charge in [0.1, 0.15) is 0 Å². The van der Waals surface area contributed by atoms with E-state index in [2.05, 4.69) is 11.1 Å². The summed E-state index contributed by atoms with van der Waals surface area (Å²) >= 11 is 1.21. The summed E-state index contributed by atoms with van der Waals surface area (Å²) < 4.78 is 3.54. The molecule has 0 aromatic carbocycles. The van der Waals surface area contributed by atoms with Crippen molar-refractivity contribution in [3.8, 4) is 0 Å². The minimum absolute atomic E-state index is 0.736. The first-order valence-electron chi connectivity index (χ1n) is 2.24. The lowest BCUT2D eigenvalue weighted by atomic mass is 10.4. The van der Waals surface area contributed by atoms with Crippen LogP contribution in [-0.2, 0) is 0 Å². The molecule has 0 saturated heterocycles. The van der Waals surface area contributed by atoms with Gasteiger partial charge in [-0.1, -0.05) is 0 Å². The normalized spacial score (nSPS) is 8.25. The van der Waals surface area contributed by atoms with Crippen molar-refractivity contribution < 1.29 is 0 Å². The second kappa shape index (κ2) is 3.55. The summed E-state index contributed by atoms with van der Waals surface area (Å²) in [5.41, 5.74) is 6.52. The monoisotopic (exact) mass is 130 g/mol. The van der Waals surface area contributed by atoms with Crippen molar-refractivity contribution in [3.63, 3.8) is 0 Å². The van der Waals surface area contributed by atoms with E-state index in [-0.39, 0.29) is 0 Å². The predicted molar refractivity (Wildman–Crippen MR) is 39.7 cm³/mol. The lowest BCUT2D eigenvalue weighted by molar-refractivity contribution is 1.31. The first-order chi connectivity index (χ1) is 3.68. The number of hydrogen-bond acceptors (Lipinski definition) is 3. The van der Waals surface area contributed by atoms with Gasteiger partial charge < -0.3 is 5.73 Å². The van der Waals surface area contributed by atoms with Gasteiger partial charge in [0.25, 0.3) is 0 Å². The molecule has 3 heteroatoms. The molecule has 0 aromatic heterocycles. The zero-order valence-corrected chi connectivity index (χ0v) is 5.96. The molecule has 8 heavy (non-hydrogen) atoms. The van der Waals surface area contributed by atoms with E-state index >= 15 is 0 Å². The number of hydrogen-bond donors (Lipinski definition) is 1. The highest BCUT2D eigenvalue weighted by atomic mass is 32.2. The first kappa shape index (κ1) is 7.56. The van der Waals surface area contributed by atoms with Crippen LogP contribution >= 0.6 is 11.9 Å². The maximum absolute atomic E-state index is 5.44. The number of allylic oxidation sites excluding steroid dienone is 1. The molecule has 0 rings (SSSR count). The Bertz CT molecular complexity index is 114. The summed E-state index contributed by atoms with van der Waals surface area (Å²) in [7, 11) is 0. The Balaban J connectivity index is 3.79. The quantitative estimate of drug-likeness (QED) is 0.455. The number of rotatable bonds is 2. The van der Waals surface area contributed by atoms with Gasteiger partial charge in [-0.15, -0.1) is 0 Å². The molecule has 2 nitrogen and oxygen atoms in total. The van der Waals surface area contributed by atoms with Gasteiger partial charge in [0.15, 0.2) is 0 Å². The fraction of sp³-hybridized carbons (Fsp3) is 0.400. The van der Waals surface area contributed by atoms with Gasteiger partial charge in [-0.3, -0.25) is 0 Å². The molecule has 0 fully saturated rings. The third-order valence-corrected chi connectivity index (χ3v) is 1.39. The molecule has 0 atom stereocenters. The van der Waals surface area contributed by atoms with Crippen LogP contribution in [0.15, 0.2) is 15.0 Å². The molecule has 0 bridgehead atoms.